The molecule has 1 amide bonds. The highest BCUT2D eigenvalue weighted by Crippen LogP contribution is 2.31. The van der Waals surface area contributed by atoms with Crippen molar-refractivity contribution in [2.24, 2.45) is 11.8 Å². The molecule has 5 nitrogen and oxygen atoms in total. The van der Waals surface area contributed by atoms with Crippen LogP contribution in [0, 0.1) is 18.8 Å². The molecule has 0 bridgehead atoms. The predicted octanol–water partition coefficient (Wildman–Crippen LogP) is 1.83. The van der Waals surface area contributed by atoms with Gasteiger partial charge in [-0.05, 0) is 37.8 Å². The number of carboxylic acid groups (broad SMARTS) is 1. The van der Waals surface area contributed by atoms with Crippen molar-refractivity contribution in [2.75, 3.05) is 5.32 Å². The summed E-state index contributed by atoms with van der Waals surface area (Å²) >= 11 is 0. The van der Waals surface area contributed by atoms with Gasteiger partial charge in [0.25, 0.3) is 0 Å². The highest BCUT2D eigenvalue weighted by molar-refractivity contribution is 5.93. The number of nitrogens with zero attached hydrogens (tertiary/aromatic N) is 1. The van der Waals surface area contributed by atoms with Gasteiger partial charge < -0.3 is 10.4 Å². The summed E-state index contributed by atoms with van der Waals surface area (Å²) in [7, 11) is 0. The van der Waals surface area contributed by atoms with E-state index in [1.807, 2.05) is 13.0 Å². The van der Waals surface area contributed by atoms with Crippen molar-refractivity contribution in [3.05, 3.63) is 24.0 Å². The number of carbonyl (C=O) groups excluding carboxylic acids is 1. The van der Waals surface area contributed by atoms with Gasteiger partial charge in [0.2, 0.25) is 5.91 Å². The molecule has 2 rings (SSSR count). The smallest absolute Gasteiger partial charge is 0.306 e. The average Bonchev–Trinajstić information content (AvgIpc) is 2.78. The van der Waals surface area contributed by atoms with Crippen molar-refractivity contribution < 1.29 is 14.7 Å². The molecule has 1 aromatic rings. The summed E-state index contributed by atoms with van der Waals surface area (Å²) in [5, 5.41) is 11.7. The Morgan fingerprint density at radius 2 is 2.06 bits per heavy atom. The lowest BCUT2D eigenvalue weighted by Crippen LogP contribution is -2.21. The number of pyridine rings is 1. The molecule has 1 saturated carbocycles. The Labute approximate surface area is 105 Å². The van der Waals surface area contributed by atoms with Gasteiger partial charge in [-0.15, -0.1) is 0 Å². The van der Waals surface area contributed by atoms with Crippen LogP contribution in [-0.2, 0) is 9.59 Å². The molecule has 2 atom stereocenters. The van der Waals surface area contributed by atoms with Gasteiger partial charge in [-0.3, -0.25) is 14.6 Å². The molecule has 1 aliphatic rings. The number of aryl methyl sites for hydroxylation is 1. The van der Waals surface area contributed by atoms with E-state index in [9.17, 15) is 9.59 Å². The highest BCUT2D eigenvalue weighted by Gasteiger charge is 2.33. The normalized spacial score (nSPS) is 22.7. The molecule has 18 heavy (non-hydrogen) atoms. The first-order valence-electron chi connectivity index (χ1n) is 6.01. The maximum Gasteiger partial charge on any atom is 0.306 e. The summed E-state index contributed by atoms with van der Waals surface area (Å²) in [6.07, 6.45) is 4.96. The van der Waals surface area contributed by atoms with Crippen LogP contribution in [0.3, 0.4) is 0 Å². The van der Waals surface area contributed by atoms with Crippen LogP contribution in [0.5, 0.6) is 0 Å². The van der Waals surface area contributed by atoms with Gasteiger partial charge in [0.1, 0.15) is 0 Å². The maximum atomic E-state index is 12.0. The molecule has 2 N–H and O–H groups in total. The third-order valence-corrected chi connectivity index (χ3v) is 3.30. The molecule has 0 aliphatic heterocycles. The Morgan fingerprint density at radius 3 is 2.67 bits per heavy atom. The standard InChI is InChI=1S/C13H16N2O3/c1-8-4-11(7-14-6-8)15-12(16)9-2-3-10(5-9)13(17)18/h4,6-7,9-10H,2-3,5H2,1H3,(H,15,16)(H,17,18). The minimum Gasteiger partial charge on any atom is -0.481 e. The maximum absolute atomic E-state index is 12.0. The molecule has 0 saturated heterocycles. The van der Waals surface area contributed by atoms with Gasteiger partial charge in [0.15, 0.2) is 0 Å². The van der Waals surface area contributed by atoms with Crippen LogP contribution in [0.25, 0.3) is 0 Å². The van der Waals surface area contributed by atoms with E-state index in [4.69, 9.17) is 5.11 Å². The van der Waals surface area contributed by atoms with E-state index >= 15 is 0 Å². The Kier molecular flexibility index (Phi) is 3.60. The zero-order valence-electron chi connectivity index (χ0n) is 10.2. The average molecular weight is 248 g/mol. The molecular weight excluding hydrogens is 232 g/mol. The van der Waals surface area contributed by atoms with Crippen LogP contribution in [0.1, 0.15) is 24.8 Å². The SMILES string of the molecule is Cc1cncc(NC(=O)C2CCC(C(=O)O)C2)c1. The van der Waals surface area contributed by atoms with Crippen molar-refractivity contribution >= 4 is 17.6 Å². The molecule has 1 aliphatic carbocycles. The number of hydrogen-bond acceptors (Lipinski definition) is 3. The molecule has 96 valence electrons. The molecule has 0 spiro atoms. The Hall–Kier alpha value is -1.91. The minimum atomic E-state index is -0.803. The van der Waals surface area contributed by atoms with E-state index in [2.05, 4.69) is 10.3 Å². The van der Waals surface area contributed by atoms with Gasteiger partial charge in [-0.25, -0.2) is 0 Å². The minimum absolute atomic E-state index is 0.105. The lowest BCUT2D eigenvalue weighted by Gasteiger charge is -2.10. The van der Waals surface area contributed by atoms with Gasteiger partial charge in [0, 0.05) is 12.1 Å². The van der Waals surface area contributed by atoms with Crippen molar-refractivity contribution in [1.82, 2.24) is 4.98 Å². The van der Waals surface area contributed by atoms with E-state index in [0.29, 0.717) is 24.9 Å². The number of rotatable bonds is 3. The van der Waals surface area contributed by atoms with E-state index in [-0.39, 0.29) is 17.7 Å². The second-order valence-electron chi connectivity index (χ2n) is 4.79. The molecule has 1 aromatic heterocycles. The summed E-state index contributed by atoms with van der Waals surface area (Å²) in [6.45, 7) is 1.90. The predicted molar refractivity (Wildman–Crippen MR) is 66.1 cm³/mol. The Morgan fingerprint density at radius 1 is 1.33 bits per heavy atom. The number of hydrogen-bond donors (Lipinski definition) is 2. The first kappa shape index (κ1) is 12.5. The van der Waals surface area contributed by atoms with Crippen molar-refractivity contribution in [1.29, 1.82) is 0 Å². The van der Waals surface area contributed by atoms with Crippen LogP contribution < -0.4 is 5.32 Å². The lowest BCUT2D eigenvalue weighted by molar-refractivity contribution is -0.141. The van der Waals surface area contributed by atoms with E-state index in [1.54, 1.807) is 12.4 Å². The molecule has 1 fully saturated rings. The summed E-state index contributed by atoms with van der Waals surface area (Å²) in [5.74, 6) is -1.49. The summed E-state index contributed by atoms with van der Waals surface area (Å²) in [6, 6.07) is 1.84. The third-order valence-electron chi connectivity index (χ3n) is 3.30. The molecule has 0 aromatic carbocycles. The summed E-state index contributed by atoms with van der Waals surface area (Å²) < 4.78 is 0. The monoisotopic (exact) mass is 248 g/mol. The first-order chi connectivity index (χ1) is 8.56. The van der Waals surface area contributed by atoms with Crippen molar-refractivity contribution in [2.45, 2.75) is 26.2 Å². The number of carbonyl (C=O) groups is 2. The number of aliphatic carboxylic acids is 1. The van der Waals surface area contributed by atoms with Crippen molar-refractivity contribution in [3.63, 3.8) is 0 Å². The number of aromatic nitrogens is 1. The Balaban J connectivity index is 1.95. The van der Waals surface area contributed by atoms with Crippen LogP contribution in [0.4, 0.5) is 5.69 Å². The molecule has 1 heterocycles. The summed E-state index contributed by atoms with van der Waals surface area (Å²) in [4.78, 5) is 26.8. The fraction of sp³-hybridized carbons (Fsp3) is 0.462. The van der Waals surface area contributed by atoms with Gasteiger partial charge in [-0.1, -0.05) is 0 Å². The third kappa shape index (κ3) is 2.85. The number of nitrogens with one attached hydrogen (secondary N) is 1. The van der Waals surface area contributed by atoms with Crippen LogP contribution in [0.2, 0.25) is 0 Å². The summed E-state index contributed by atoms with van der Waals surface area (Å²) in [5.41, 5.74) is 1.64. The van der Waals surface area contributed by atoms with Gasteiger partial charge in [-0.2, -0.15) is 0 Å². The quantitative estimate of drug-likeness (QED) is 0.855. The topological polar surface area (TPSA) is 79.3 Å². The van der Waals surface area contributed by atoms with Crippen molar-refractivity contribution in [3.8, 4) is 0 Å². The van der Waals surface area contributed by atoms with Gasteiger partial charge in [0.05, 0.1) is 17.8 Å². The highest BCUT2D eigenvalue weighted by atomic mass is 16.4. The van der Waals surface area contributed by atoms with E-state index in [0.717, 1.165) is 5.56 Å². The van der Waals surface area contributed by atoms with E-state index in [1.165, 1.54) is 0 Å². The largest absolute Gasteiger partial charge is 0.481 e. The zero-order chi connectivity index (χ0) is 13.1. The molecule has 2 unspecified atom stereocenters. The fourth-order valence-electron chi connectivity index (χ4n) is 2.31. The molecular formula is C13H16N2O3. The van der Waals surface area contributed by atoms with Gasteiger partial charge >= 0.3 is 5.97 Å². The van der Waals surface area contributed by atoms with Crippen LogP contribution in [0.15, 0.2) is 18.5 Å². The molecule has 5 heteroatoms. The van der Waals surface area contributed by atoms with E-state index < -0.39 is 5.97 Å². The second-order valence-corrected chi connectivity index (χ2v) is 4.79. The Bertz CT molecular complexity index is 473. The number of amides is 1. The number of anilines is 1. The zero-order valence-corrected chi connectivity index (χ0v) is 10.2. The second kappa shape index (κ2) is 5.16. The van der Waals surface area contributed by atoms with Crippen LogP contribution >= 0.6 is 0 Å². The number of carboxylic acids is 1. The first-order valence-corrected chi connectivity index (χ1v) is 6.01. The molecule has 0 radical (unpaired) electrons. The fourth-order valence-corrected chi connectivity index (χ4v) is 2.31. The van der Waals surface area contributed by atoms with Crippen LogP contribution in [-0.4, -0.2) is 22.0 Å². The lowest BCUT2D eigenvalue weighted by atomic mass is 10.0.